The number of amides is 1. The van der Waals surface area contributed by atoms with Crippen LogP contribution in [0.3, 0.4) is 0 Å². The van der Waals surface area contributed by atoms with Crippen molar-refractivity contribution in [2.24, 2.45) is 0 Å². The minimum absolute atomic E-state index is 0.0273. The highest BCUT2D eigenvalue weighted by molar-refractivity contribution is 5.91. The van der Waals surface area contributed by atoms with Crippen molar-refractivity contribution in [1.29, 1.82) is 0 Å². The average molecular weight is 280 g/mol. The molecule has 2 N–H and O–H groups in total. The third-order valence-electron chi connectivity index (χ3n) is 4.02. The molecule has 0 aliphatic heterocycles. The maximum Gasteiger partial charge on any atom is 0.239 e. The number of nitrogens with one attached hydrogen (secondary N) is 1. The van der Waals surface area contributed by atoms with E-state index in [9.17, 15) is 4.79 Å². The zero-order chi connectivity index (χ0) is 14.5. The van der Waals surface area contributed by atoms with Gasteiger partial charge in [0.05, 0.1) is 25.4 Å². The van der Waals surface area contributed by atoms with Crippen LogP contribution in [0.4, 0.5) is 5.82 Å². The Bertz CT molecular complexity index is 440. The molecule has 1 aliphatic carbocycles. The number of aromatic nitrogens is 2. The normalized spacial score (nSPS) is 17.6. The molecule has 6 heteroatoms. The first-order chi connectivity index (χ1) is 9.61. The van der Waals surface area contributed by atoms with Gasteiger partial charge in [0, 0.05) is 12.1 Å². The number of hydrogen-bond donors (Lipinski definition) is 2. The molecule has 1 saturated carbocycles. The van der Waals surface area contributed by atoms with Crippen molar-refractivity contribution < 1.29 is 9.90 Å². The Morgan fingerprint density at radius 1 is 1.60 bits per heavy atom. The summed E-state index contributed by atoms with van der Waals surface area (Å²) in [4.78, 5) is 13.9. The molecule has 0 spiro atoms. The molecule has 20 heavy (non-hydrogen) atoms. The van der Waals surface area contributed by atoms with Gasteiger partial charge in [0.2, 0.25) is 5.91 Å². The summed E-state index contributed by atoms with van der Waals surface area (Å²) in [7, 11) is 1.83. The van der Waals surface area contributed by atoms with Gasteiger partial charge in [-0.2, -0.15) is 5.10 Å². The number of carbonyl (C=O) groups excluding carboxylic acids is 1. The van der Waals surface area contributed by atoms with Crippen LogP contribution in [0.15, 0.2) is 12.3 Å². The van der Waals surface area contributed by atoms with Gasteiger partial charge in [0.25, 0.3) is 0 Å². The van der Waals surface area contributed by atoms with Gasteiger partial charge in [-0.05, 0) is 26.8 Å². The van der Waals surface area contributed by atoms with E-state index in [2.05, 4.69) is 10.4 Å². The van der Waals surface area contributed by atoms with Crippen LogP contribution in [0, 0.1) is 0 Å². The number of aliphatic hydroxyl groups excluding tert-OH is 1. The molecule has 6 nitrogen and oxygen atoms in total. The number of hydrogen-bond acceptors (Lipinski definition) is 4. The van der Waals surface area contributed by atoms with Crippen molar-refractivity contribution in [2.45, 2.75) is 44.7 Å². The van der Waals surface area contributed by atoms with E-state index in [-0.39, 0.29) is 25.1 Å². The molecule has 0 radical (unpaired) electrons. The Labute approximate surface area is 119 Å². The zero-order valence-corrected chi connectivity index (χ0v) is 12.2. The third kappa shape index (κ3) is 3.58. The summed E-state index contributed by atoms with van der Waals surface area (Å²) in [5, 5.41) is 16.3. The zero-order valence-electron chi connectivity index (χ0n) is 12.2. The fourth-order valence-corrected chi connectivity index (χ4v) is 2.56. The molecule has 1 aromatic heterocycles. The Morgan fingerprint density at radius 2 is 2.30 bits per heavy atom. The molecule has 1 amide bonds. The Hall–Kier alpha value is -1.40. The average Bonchev–Trinajstić information content (AvgIpc) is 3.07. The van der Waals surface area contributed by atoms with E-state index >= 15 is 0 Å². The maximum atomic E-state index is 12.0. The first-order valence-electron chi connectivity index (χ1n) is 7.26. The highest BCUT2D eigenvalue weighted by Crippen LogP contribution is 2.31. The molecule has 2 rings (SSSR count). The lowest BCUT2D eigenvalue weighted by atomic mass is 10.2. The quantitative estimate of drug-likeness (QED) is 0.823. The van der Waals surface area contributed by atoms with Gasteiger partial charge in [-0.3, -0.25) is 9.69 Å². The number of nitrogens with zero attached hydrogens (tertiary/aromatic N) is 3. The van der Waals surface area contributed by atoms with Crippen LogP contribution in [0.25, 0.3) is 0 Å². The van der Waals surface area contributed by atoms with E-state index in [1.165, 1.54) is 12.8 Å². The molecular formula is C14H24N4O2. The van der Waals surface area contributed by atoms with Crippen LogP contribution in [-0.4, -0.2) is 51.9 Å². The van der Waals surface area contributed by atoms with Crippen LogP contribution in [0.2, 0.25) is 0 Å². The predicted molar refractivity (Wildman–Crippen MR) is 77.5 cm³/mol. The Balaban J connectivity index is 1.93. The summed E-state index contributed by atoms with van der Waals surface area (Å²) in [6, 6.07) is 2.22. The maximum absolute atomic E-state index is 12.0. The van der Waals surface area contributed by atoms with Gasteiger partial charge in [-0.1, -0.05) is 12.8 Å². The molecule has 1 fully saturated rings. The summed E-state index contributed by atoms with van der Waals surface area (Å²) in [5.41, 5.74) is 0. The smallest absolute Gasteiger partial charge is 0.239 e. The lowest BCUT2D eigenvalue weighted by Gasteiger charge is -2.22. The highest BCUT2D eigenvalue weighted by atomic mass is 16.3. The standard InChI is InChI=1S/C14H24N4O2/c1-11(10-19)17(2)9-14(20)16-13-7-8-15-18(13)12-5-3-4-6-12/h7-8,11-12,19H,3-6,9-10H2,1-2H3,(H,16,20). The summed E-state index contributed by atoms with van der Waals surface area (Å²) in [6.45, 7) is 2.19. The summed E-state index contributed by atoms with van der Waals surface area (Å²) >= 11 is 0. The molecule has 112 valence electrons. The van der Waals surface area contributed by atoms with Crippen molar-refractivity contribution in [3.63, 3.8) is 0 Å². The number of likely N-dealkylation sites (N-methyl/N-ethyl adjacent to an activating group) is 1. The van der Waals surface area contributed by atoms with Crippen LogP contribution < -0.4 is 5.32 Å². The van der Waals surface area contributed by atoms with Gasteiger partial charge >= 0.3 is 0 Å². The summed E-state index contributed by atoms with van der Waals surface area (Å²) < 4.78 is 1.93. The number of aliphatic hydroxyl groups is 1. The highest BCUT2D eigenvalue weighted by Gasteiger charge is 2.21. The minimum atomic E-state index is -0.0763. The van der Waals surface area contributed by atoms with E-state index in [1.54, 1.807) is 6.20 Å². The van der Waals surface area contributed by atoms with Crippen molar-refractivity contribution in [2.75, 3.05) is 25.5 Å². The van der Waals surface area contributed by atoms with Gasteiger partial charge in [-0.15, -0.1) is 0 Å². The lowest BCUT2D eigenvalue weighted by Crippen LogP contribution is -2.38. The molecular weight excluding hydrogens is 256 g/mol. The molecule has 0 bridgehead atoms. The Kier molecular flexibility index (Phi) is 5.14. The fourth-order valence-electron chi connectivity index (χ4n) is 2.56. The van der Waals surface area contributed by atoms with Gasteiger partial charge in [-0.25, -0.2) is 4.68 Å². The molecule has 1 atom stereocenters. The van der Waals surface area contributed by atoms with Crippen LogP contribution in [-0.2, 0) is 4.79 Å². The van der Waals surface area contributed by atoms with Gasteiger partial charge in [0.15, 0.2) is 0 Å². The monoisotopic (exact) mass is 280 g/mol. The molecule has 0 saturated heterocycles. The van der Waals surface area contributed by atoms with E-state index in [0.717, 1.165) is 18.7 Å². The van der Waals surface area contributed by atoms with Crippen molar-refractivity contribution >= 4 is 11.7 Å². The van der Waals surface area contributed by atoms with E-state index < -0.39 is 0 Å². The SMILES string of the molecule is CC(CO)N(C)CC(=O)Nc1ccnn1C1CCCC1. The van der Waals surface area contributed by atoms with Crippen molar-refractivity contribution in [1.82, 2.24) is 14.7 Å². The number of anilines is 1. The lowest BCUT2D eigenvalue weighted by molar-refractivity contribution is -0.117. The first kappa shape index (κ1) is 15.0. The van der Waals surface area contributed by atoms with Gasteiger partial charge in [0.1, 0.15) is 5.82 Å². The van der Waals surface area contributed by atoms with E-state index in [1.807, 2.05) is 29.6 Å². The second kappa shape index (κ2) is 6.85. The topological polar surface area (TPSA) is 70.4 Å². The van der Waals surface area contributed by atoms with E-state index in [4.69, 9.17) is 5.11 Å². The summed E-state index contributed by atoms with van der Waals surface area (Å²) in [5.74, 6) is 0.694. The second-order valence-corrected chi connectivity index (χ2v) is 5.59. The molecule has 0 aromatic carbocycles. The summed E-state index contributed by atoms with van der Waals surface area (Å²) in [6.07, 6.45) is 6.45. The van der Waals surface area contributed by atoms with E-state index in [0.29, 0.717) is 6.04 Å². The number of rotatable bonds is 6. The van der Waals surface area contributed by atoms with Crippen molar-refractivity contribution in [3.8, 4) is 0 Å². The minimum Gasteiger partial charge on any atom is -0.395 e. The van der Waals surface area contributed by atoms with Crippen LogP contribution >= 0.6 is 0 Å². The Morgan fingerprint density at radius 3 is 2.95 bits per heavy atom. The van der Waals surface area contributed by atoms with Gasteiger partial charge < -0.3 is 10.4 Å². The number of carbonyl (C=O) groups is 1. The molecule has 1 aliphatic rings. The molecule has 1 unspecified atom stereocenters. The fraction of sp³-hybridized carbons (Fsp3) is 0.714. The predicted octanol–water partition coefficient (Wildman–Crippen LogP) is 1.25. The van der Waals surface area contributed by atoms with Crippen LogP contribution in [0.5, 0.6) is 0 Å². The molecule has 1 aromatic rings. The second-order valence-electron chi connectivity index (χ2n) is 5.59. The first-order valence-corrected chi connectivity index (χ1v) is 7.26. The molecule has 1 heterocycles. The third-order valence-corrected chi connectivity index (χ3v) is 4.02. The van der Waals surface area contributed by atoms with Crippen LogP contribution in [0.1, 0.15) is 38.6 Å². The van der Waals surface area contributed by atoms with Crippen molar-refractivity contribution in [3.05, 3.63) is 12.3 Å². The largest absolute Gasteiger partial charge is 0.395 e.